The lowest BCUT2D eigenvalue weighted by atomic mass is 9.98. The maximum absolute atomic E-state index is 13.0. The van der Waals surface area contributed by atoms with Crippen molar-refractivity contribution >= 4 is 54.8 Å². The van der Waals surface area contributed by atoms with Crippen LogP contribution < -0.4 is 0 Å². The van der Waals surface area contributed by atoms with Gasteiger partial charge in [-0.05, 0) is 38.0 Å². The molecule has 0 atom stereocenters. The van der Waals surface area contributed by atoms with E-state index in [9.17, 15) is 18.0 Å². The summed E-state index contributed by atoms with van der Waals surface area (Å²) in [4.78, 5) is 25.1. The highest BCUT2D eigenvalue weighted by Gasteiger charge is 2.33. The summed E-state index contributed by atoms with van der Waals surface area (Å²) in [5.74, 6) is -0.894. The minimum absolute atomic E-state index is 0.0885. The van der Waals surface area contributed by atoms with E-state index in [0.29, 0.717) is 23.4 Å². The molecule has 0 unspecified atom stereocenters. The Balaban J connectivity index is 1.36. The average Bonchev–Trinajstić information content (AvgIpc) is 3.13. The molecule has 0 saturated carbocycles. The van der Waals surface area contributed by atoms with Crippen LogP contribution in [0.4, 0.5) is 0 Å². The fraction of sp³-hybridized carbons (Fsp3) is 0.304. The molecule has 0 bridgehead atoms. The average molecular weight is 492 g/mol. The first kappa shape index (κ1) is 22.9. The molecule has 32 heavy (non-hydrogen) atoms. The smallest absolute Gasteiger partial charge is 0.309 e. The van der Waals surface area contributed by atoms with Gasteiger partial charge in [-0.15, -0.1) is 11.3 Å². The zero-order valence-corrected chi connectivity index (χ0v) is 19.8. The maximum Gasteiger partial charge on any atom is 0.309 e. The van der Waals surface area contributed by atoms with Gasteiger partial charge >= 0.3 is 5.97 Å². The van der Waals surface area contributed by atoms with Crippen molar-refractivity contribution in [1.29, 1.82) is 0 Å². The number of ether oxygens (including phenoxy) is 1. The number of Topliss-reactive ketones (excluding diaryl/α,β-unsaturated/α-hetero) is 1. The largest absolute Gasteiger partial charge is 0.460 e. The van der Waals surface area contributed by atoms with Gasteiger partial charge in [-0.1, -0.05) is 41.9 Å². The lowest BCUT2D eigenvalue weighted by Crippen LogP contribution is -2.40. The molecule has 2 aromatic carbocycles. The second kappa shape index (κ2) is 9.31. The van der Waals surface area contributed by atoms with Crippen molar-refractivity contribution < 1.29 is 22.7 Å². The van der Waals surface area contributed by atoms with Crippen molar-refractivity contribution in [3.05, 3.63) is 64.0 Å². The van der Waals surface area contributed by atoms with Crippen molar-refractivity contribution in [2.45, 2.75) is 31.3 Å². The molecule has 3 aromatic rings. The van der Waals surface area contributed by atoms with Gasteiger partial charge in [0.25, 0.3) is 0 Å². The molecule has 1 fully saturated rings. The van der Waals surface area contributed by atoms with E-state index in [0.717, 1.165) is 15.0 Å². The van der Waals surface area contributed by atoms with Crippen LogP contribution >= 0.6 is 22.9 Å². The number of carbonyl (C=O) groups is 2. The number of piperidine rings is 1. The minimum Gasteiger partial charge on any atom is -0.460 e. The third kappa shape index (κ3) is 4.59. The van der Waals surface area contributed by atoms with Gasteiger partial charge in [0, 0.05) is 28.7 Å². The van der Waals surface area contributed by atoms with Gasteiger partial charge in [-0.3, -0.25) is 9.59 Å². The summed E-state index contributed by atoms with van der Waals surface area (Å²) in [7, 11) is -3.73. The summed E-state index contributed by atoms with van der Waals surface area (Å²) in [6.07, 6.45) is 0.759. The van der Waals surface area contributed by atoms with E-state index < -0.39 is 10.0 Å². The summed E-state index contributed by atoms with van der Waals surface area (Å²) >= 11 is 7.91. The number of nitrogens with zero attached hydrogens (tertiary/aromatic N) is 1. The molecule has 0 aliphatic carbocycles. The van der Waals surface area contributed by atoms with Gasteiger partial charge < -0.3 is 4.74 Å². The van der Waals surface area contributed by atoms with E-state index in [1.54, 1.807) is 12.1 Å². The fourth-order valence-corrected chi connectivity index (χ4v) is 6.69. The number of benzene rings is 2. The normalized spacial score (nSPS) is 15.7. The quantitative estimate of drug-likeness (QED) is 0.362. The summed E-state index contributed by atoms with van der Waals surface area (Å²) in [5.41, 5.74) is 0.351. The molecule has 2 heterocycles. The van der Waals surface area contributed by atoms with Crippen LogP contribution in [0.1, 0.15) is 35.0 Å². The van der Waals surface area contributed by atoms with E-state index >= 15 is 0 Å². The van der Waals surface area contributed by atoms with Crippen LogP contribution in [0.25, 0.3) is 10.1 Å². The highest BCUT2D eigenvalue weighted by atomic mass is 35.5. The zero-order valence-electron chi connectivity index (χ0n) is 17.4. The predicted molar refractivity (Wildman–Crippen MR) is 125 cm³/mol. The van der Waals surface area contributed by atoms with E-state index in [2.05, 4.69) is 0 Å². The van der Waals surface area contributed by atoms with Crippen LogP contribution in [0.15, 0.2) is 53.4 Å². The van der Waals surface area contributed by atoms with E-state index in [4.69, 9.17) is 16.3 Å². The number of sulfonamides is 1. The third-order valence-corrected chi connectivity index (χ3v) is 9.20. The van der Waals surface area contributed by atoms with Gasteiger partial charge in [0.1, 0.15) is 6.61 Å². The molecule has 0 amide bonds. The van der Waals surface area contributed by atoms with Gasteiger partial charge in [-0.2, -0.15) is 4.31 Å². The van der Waals surface area contributed by atoms with E-state index in [-0.39, 0.29) is 42.3 Å². The lowest BCUT2D eigenvalue weighted by Gasteiger charge is -2.30. The van der Waals surface area contributed by atoms with Crippen LogP contribution in [0.2, 0.25) is 5.02 Å². The van der Waals surface area contributed by atoms with Gasteiger partial charge in [0.15, 0.2) is 5.78 Å². The number of hydrogen-bond acceptors (Lipinski definition) is 6. The highest BCUT2D eigenvalue weighted by molar-refractivity contribution is 7.89. The van der Waals surface area contributed by atoms with E-state index in [1.165, 1.54) is 34.7 Å². The Kier molecular flexibility index (Phi) is 6.67. The molecule has 1 aromatic heterocycles. The highest BCUT2D eigenvalue weighted by Crippen LogP contribution is 2.36. The number of thiophene rings is 1. The zero-order chi connectivity index (χ0) is 22.9. The predicted octanol–water partition coefficient (Wildman–Crippen LogP) is 4.90. The molecular formula is C23H22ClNO5S2. The number of hydrogen-bond donors (Lipinski definition) is 0. The van der Waals surface area contributed by atoms with Crippen molar-refractivity contribution in [2.24, 2.45) is 5.92 Å². The van der Waals surface area contributed by atoms with Crippen LogP contribution in [-0.4, -0.2) is 37.6 Å². The fourth-order valence-electron chi connectivity index (χ4n) is 3.77. The number of esters is 1. The third-order valence-electron chi connectivity index (χ3n) is 5.61. The number of halogens is 1. The SMILES string of the molecule is CC(=O)c1cccc(S(=O)(=O)N2CCC(C(=O)OCc3sc4ccccc4c3Cl)CC2)c1. The number of carbonyl (C=O) groups excluding carboxylic acids is 2. The molecule has 0 N–H and O–H groups in total. The first-order valence-electron chi connectivity index (χ1n) is 10.2. The standard InChI is InChI=1S/C23H22ClNO5S2/c1-15(26)17-5-4-6-18(13-17)32(28,29)25-11-9-16(10-12-25)23(27)30-14-21-22(24)19-7-2-3-8-20(19)31-21/h2-8,13,16H,9-12,14H2,1H3. The lowest BCUT2D eigenvalue weighted by molar-refractivity contribution is -0.151. The molecule has 0 spiro atoms. The van der Waals surface area contributed by atoms with Crippen LogP contribution in [0, 0.1) is 5.92 Å². The van der Waals surface area contributed by atoms with Crippen molar-refractivity contribution in [2.75, 3.05) is 13.1 Å². The first-order valence-corrected chi connectivity index (χ1v) is 12.8. The Bertz CT molecular complexity index is 1280. The number of ketones is 1. The van der Waals surface area contributed by atoms with Crippen LogP contribution in [-0.2, 0) is 26.2 Å². The first-order chi connectivity index (χ1) is 15.3. The summed E-state index contributed by atoms with van der Waals surface area (Å²) in [6, 6.07) is 13.8. The molecule has 4 rings (SSSR count). The molecular weight excluding hydrogens is 470 g/mol. The second-order valence-corrected chi connectivity index (χ2v) is 11.2. The van der Waals surface area contributed by atoms with Gasteiger partial charge in [-0.25, -0.2) is 8.42 Å². The Morgan fingerprint density at radius 3 is 2.53 bits per heavy atom. The Labute approximate surface area is 195 Å². The molecule has 1 aliphatic heterocycles. The summed E-state index contributed by atoms with van der Waals surface area (Å²) in [6.45, 7) is 1.94. The topological polar surface area (TPSA) is 80.8 Å². The number of rotatable bonds is 6. The summed E-state index contributed by atoms with van der Waals surface area (Å²) < 4.78 is 33.8. The minimum atomic E-state index is -3.73. The molecule has 1 saturated heterocycles. The molecule has 9 heteroatoms. The molecule has 1 aliphatic rings. The monoisotopic (exact) mass is 491 g/mol. The number of fused-ring (bicyclic) bond motifs is 1. The maximum atomic E-state index is 13.0. The Morgan fingerprint density at radius 1 is 1.12 bits per heavy atom. The Morgan fingerprint density at radius 2 is 1.84 bits per heavy atom. The van der Waals surface area contributed by atoms with Gasteiger partial charge in [0.2, 0.25) is 10.0 Å². The van der Waals surface area contributed by atoms with Crippen molar-refractivity contribution in [3.63, 3.8) is 0 Å². The van der Waals surface area contributed by atoms with Gasteiger partial charge in [0.05, 0.1) is 20.7 Å². The second-order valence-electron chi connectivity index (χ2n) is 7.71. The van der Waals surface area contributed by atoms with Crippen molar-refractivity contribution in [1.82, 2.24) is 4.31 Å². The van der Waals surface area contributed by atoms with E-state index in [1.807, 2.05) is 24.3 Å². The van der Waals surface area contributed by atoms with Crippen LogP contribution in [0.5, 0.6) is 0 Å². The summed E-state index contributed by atoms with van der Waals surface area (Å²) in [5, 5.41) is 1.55. The molecule has 6 nitrogen and oxygen atoms in total. The molecule has 168 valence electrons. The van der Waals surface area contributed by atoms with Crippen molar-refractivity contribution in [3.8, 4) is 0 Å². The Hall–Kier alpha value is -2.26. The van der Waals surface area contributed by atoms with Crippen LogP contribution in [0.3, 0.4) is 0 Å². The molecule has 0 radical (unpaired) electrons.